The minimum atomic E-state index is 0.00863. The lowest BCUT2D eigenvalue weighted by molar-refractivity contribution is -0.130. The molecule has 1 atom stereocenters. The van der Waals surface area contributed by atoms with Gasteiger partial charge in [-0.15, -0.1) is 11.8 Å². The fourth-order valence-electron chi connectivity index (χ4n) is 4.20. The molecule has 0 bridgehead atoms. The number of amides is 2. The number of methoxy groups -OCH3 is 1. The zero-order valence-electron chi connectivity index (χ0n) is 16.9. The maximum Gasteiger partial charge on any atom is 0.232 e. The van der Waals surface area contributed by atoms with Gasteiger partial charge in [0.05, 0.1) is 17.9 Å². The van der Waals surface area contributed by atoms with E-state index in [0.29, 0.717) is 22.2 Å². The molecule has 1 aliphatic heterocycles. The van der Waals surface area contributed by atoms with Gasteiger partial charge in [0.25, 0.3) is 0 Å². The van der Waals surface area contributed by atoms with E-state index in [4.69, 9.17) is 16.3 Å². The molecule has 2 amide bonds. The minimum Gasteiger partial charge on any atom is -0.495 e. The van der Waals surface area contributed by atoms with Crippen LogP contribution in [0.4, 0.5) is 5.69 Å². The fraction of sp³-hybridized carbons (Fsp3) is 0.391. The minimum absolute atomic E-state index is 0.00863. The van der Waals surface area contributed by atoms with Crippen molar-refractivity contribution in [2.24, 2.45) is 11.3 Å². The summed E-state index contributed by atoms with van der Waals surface area (Å²) in [6.07, 6.45) is 2.66. The first-order chi connectivity index (χ1) is 14.5. The summed E-state index contributed by atoms with van der Waals surface area (Å²) in [5.41, 5.74) is 0.724. The van der Waals surface area contributed by atoms with Crippen molar-refractivity contribution < 1.29 is 14.3 Å². The van der Waals surface area contributed by atoms with Gasteiger partial charge in [0.15, 0.2) is 0 Å². The second-order valence-electron chi connectivity index (χ2n) is 7.94. The van der Waals surface area contributed by atoms with Gasteiger partial charge in [-0.3, -0.25) is 9.59 Å². The number of thioether (sulfide) groups is 1. The number of carbonyl (C=O) groups is 2. The van der Waals surface area contributed by atoms with E-state index in [1.165, 1.54) is 0 Å². The third-order valence-corrected chi connectivity index (χ3v) is 7.44. The molecule has 1 spiro atoms. The second kappa shape index (κ2) is 8.90. The lowest BCUT2D eigenvalue weighted by Crippen LogP contribution is -2.41. The lowest BCUT2D eigenvalue weighted by atomic mass is 9.90. The molecule has 0 radical (unpaired) electrons. The molecule has 158 valence electrons. The van der Waals surface area contributed by atoms with E-state index in [9.17, 15) is 9.59 Å². The molecule has 2 aliphatic rings. The number of nitrogens with one attached hydrogen (secondary N) is 1. The molecule has 1 aliphatic carbocycles. The average Bonchev–Trinajstić information content (AvgIpc) is 3.47. The van der Waals surface area contributed by atoms with Gasteiger partial charge in [-0.2, -0.15) is 0 Å². The summed E-state index contributed by atoms with van der Waals surface area (Å²) in [5, 5.41) is 3.45. The third-order valence-electron chi connectivity index (χ3n) is 6.14. The number of likely N-dealkylation sites (tertiary alicyclic amines) is 1. The van der Waals surface area contributed by atoms with Crippen LogP contribution >= 0.6 is 23.4 Å². The number of nitrogens with zero attached hydrogens (tertiary/aromatic N) is 1. The van der Waals surface area contributed by atoms with E-state index in [-0.39, 0.29) is 23.1 Å². The summed E-state index contributed by atoms with van der Waals surface area (Å²) in [7, 11) is 1.56. The first-order valence-electron chi connectivity index (χ1n) is 10.1. The Morgan fingerprint density at radius 3 is 2.60 bits per heavy atom. The molecule has 7 heteroatoms. The quantitative estimate of drug-likeness (QED) is 0.655. The highest BCUT2D eigenvalue weighted by molar-refractivity contribution is 8.00. The summed E-state index contributed by atoms with van der Waals surface area (Å²) in [6.45, 7) is 1.46. The summed E-state index contributed by atoms with van der Waals surface area (Å²) < 4.78 is 5.15. The molecule has 5 nitrogen and oxygen atoms in total. The molecule has 2 aromatic carbocycles. The van der Waals surface area contributed by atoms with E-state index in [2.05, 4.69) is 5.32 Å². The van der Waals surface area contributed by atoms with Crippen LogP contribution in [0, 0.1) is 11.3 Å². The van der Waals surface area contributed by atoms with Gasteiger partial charge in [-0.05, 0) is 55.0 Å². The number of hydrogen-bond donors (Lipinski definition) is 1. The number of benzene rings is 2. The Labute approximate surface area is 186 Å². The zero-order valence-corrected chi connectivity index (χ0v) is 18.5. The maximum atomic E-state index is 12.7. The molecule has 2 fully saturated rings. The normalized spacial score (nSPS) is 19.4. The van der Waals surface area contributed by atoms with Gasteiger partial charge < -0.3 is 15.0 Å². The van der Waals surface area contributed by atoms with E-state index in [1.807, 2.05) is 35.2 Å². The zero-order chi connectivity index (χ0) is 21.1. The highest BCUT2D eigenvalue weighted by Crippen LogP contribution is 2.59. The number of hydrogen-bond acceptors (Lipinski definition) is 4. The van der Waals surface area contributed by atoms with Crippen LogP contribution in [0.2, 0.25) is 5.02 Å². The van der Waals surface area contributed by atoms with Crippen molar-refractivity contribution in [3.05, 3.63) is 53.6 Å². The average molecular weight is 445 g/mol. The van der Waals surface area contributed by atoms with E-state index in [1.54, 1.807) is 37.1 Å². The van der Waals surface area contributed by atoms with Crippen molar-refractivity contribution in [2.75, 3.05) is 31.3 Å². The Balaban J connectivity index is 1.25. The summed E-state index contributed by atoms with van der Waals surface area (Å²) >= 11 is 7.72. The highest BCUT2D eigenvalue weighted by Gasteiger charge is 2.58. The summed E-state index contributed by atoms with van der Waals surface area (Å²) in [6, 6.07) is 15.2. The molecule has 30 heavy (non-hydrogen) atoms. The number of rotatable bonds is 6. The van der Waals surface area contributed by atoms with Crippen molar-refractivity contribution in [2.45, 2.75) is 24.2 Å². The maximum absolute atomic E-state index is 12.7. The Bertz CT molecular complexity index is 929. The predicted octanol–water partition coefficient (Wildman–Crippen LogP) is 4.71. The number of carbonyl (C=O) groups excluding carboxylic acids is 2. The van der Waals surface area contributed by atoms with Crippen LogP contribution in [0.5, 0.6) is 5.75 Å². The van der Waals surface area contributed by atoms with Crippen LogP contribution in [0.1, 0.15) is 19.3 Å². The molecule has 1 N–H and O–H groups in total. The molecule has 0 unspecified atom stereocenters. The van der Waals surface area contributed by atoms with Crippen molar-refractivity contribution >= 4 is 40.9 Å². The standard InChI is InChI=1S/C23H25ClN2O3S/c1-29-20-8-7-16(13-19(20)24)25-22(28)18-14-23(18)9-11-26(12-10-23)21(27)15-30-17-5-3-2-4-6-17/h2-8,13,18H,9-12,14-15H2,1H3,(H,25,28)/t18-/m1/s1. The molecule has 1 heterocycles. The Hall–Kier alpha value is -2.18. The van der Waals surface area contributed by atoms with Crippen molar-refractivity contribution in [3.63, 3.8) is 0 Å². The second-order valence-corrected chi connectivity index (χ2v) is 9.40. The van der Waals surface area contributed by atoms with Crippen LogP contribution in [-0.4, -0.2) is 42.7 Å². The van der Waals surface area contributed by atoms with Crippen molar-refractivity contribution in [3.8, 4) is 5.75 Å². The van der Waals surface area contributed by atoms with Gasteiger partial charge >= 0.3 is 0 Å². The Morgan fingerprint density at radius 1 is 1.20 bits per heavy atom. The van der Waals surface area contributed by atoms with E-state index in [0.717, 1.165) is 37.2 Å². The molecular formula is C23H25ClN2O3S. The third kappa shape index (κ3) is 4.60. The van der Waals surface area contributed by atoms with Crippen LogP contribution in [0.15, 0.2) is 53.4 Å². The largest absolute Gasteiger partial charge is 0.495 e. The highest BCUT2D eigenvalue weighted by atomic mass is 35.5. The first-order valence-corrected chi connectivity index (χ1v) is 11.5. The molecule has 1 saturated carbocycles. The van der Waals surface area contributed by atoms with Gasteiger partial charge in [-0.1, -0.05) is 29.8 Å². The molecule has 4 rings (SSSR count). The smallest absolute Gasteiger partial charge is 0.232 e. The molecule has 0 aromatic heterocycles. The van der Waals surface area contributed by atoms with Crippen LogP contribution in [0.25, 0.3) is 0 Å². The Morgan fingerprint density at radius 2 is 1.93 bits per heavy atom. The summed E-state index contributed by atoms with van der Waals surface area (Å²) in [5.74, 6) is 1.26. The van der Waals surface area contributed by atoms with Crippen LogP contribution in [-0.2, 0) is 9.59 Å². The fourth-order valence-corrected chi connectivity index (χ4v) is 5.28. The van der Waals surface area contributed by atoms with Crippen LogP contribution < -0.4 is 10.1 Å². The molecule has 2 aromatic rings. The Kier molecular flexibility index (Phi) is 6.25. The van der Waals surface area contributed by atoms with E-state index >= 15 is 0 Å². The number of anilines is 1. The number of halogens is 1. The van der Waals surface area contributed by atoms with Crippen molar-refractivity contribution in [1.82, 2.24) is 4.90 Å². The topological polar surface area (TPSA) is 58.6 Å². The molecular weight excluding hydrogens is 420 g/mol. The van der Waals surface area contributed by atoms with Crippen LogP contribution in [0.3, 0.4) is 0 Å². The van der Waals surface area contributed by atoms with Crippen molar-refractivity contribution in [1.29, 1.82) is 0 Å². The predicted molar refractivity (Wildman–Crippen MR) is 120 cm³/mol. The summed E-state index contributed by atoms with van der Waals surface area (Å²) in [4.78, 5) is 28.3. The van der Waals surface area contributed by atoms with Gasteiger partial charge in [0, 0.05) is 29.6 Å². The van der Waals surface area contributed by atoms with Gasteiger partial charge in [0.2, 0.25) is 11.8 Å². The SMILES string of the molecule is COc1ccc(NC(=O)[C@H]2CC23CCN(C(=O)CSc2ccccc2)CC3)cc1Cl. The van der Waals surface area contributed by atoms with Gasteiger partial charge in [0.1, 0.15) is 5.75 Å². The lowest BCUT2D eigenvalue weighted by Gasteiger charge is -2.32. The molecule has 1 saturated heterocycles. The number of ether oxygens (including phenoxy) is 1. The monoisotopic (exact) mass is 444 g/mol. The first kappa shape index (κ1) is 21.1. The van der Waals surface area contributed by atoms with Gasteiger partial charge in [-0.25, -0.2) is 0 Å². The van der Waals surface area contributed by atoms with E-state index < -0.39 is 0 Å². The number of piperidine rings is 1.